The number of carbonyl (C=O) groups excluding carboxylic acids is 1. The largest absolute Gasteiger partial charge is 0.508 e. The van der Waals surface area contributed by atoms with E-state index in [-0.39, 0.29) is 47.2 Å². The molecule has 0 fully saturated rings. The summed E-state index contributed by atoms with van der Waals surface area (Å²) in [6, 6.07) is 6.97. The number of phenolic OH excluding ortho intramolecular Hbond substituents is 3. The number of rotatable bonds is 6. The molecule has 0 aliphatic rings. The van der Waals surface area contributed by atoms with Crippen LogP contribution in [0.5, 0.6) is 28.7 Å². The highest BCUT2D eigenvalue weighted by Crippen LogP contribution is 2.34. The summed E-state index contributed by atoms with van der Waals surface area (Å²) in [6.45, 7) is 0. The van der Waals surface area contributed by atoms with Gasteiger partial charge >= 0.3 is 0 Å². The van der Waals surface area contributed by atoms with Crippen LogP contribution >= 0.6 is 0 Å². The van der Waals surface area contributed by atoms with Crippen molar-refractivity contribution in [3.05, 3.63) is 41.5 Å². The molecule has 2 rings (SSSR count). The van der Waals surface area contributed by atoms with Gasteiger partial charge in [0, 0.05) is 18.6 Å². The Morgan fingerprint density at radius 3 is 2.39 bits per heavy atom. The minimum atomic E-state index is -0.343. The molecule has 0 aliphatic heterocycles. The van der Waals surface area contributed by atoms with Crippen molar-refractivity contribution in [2.75, 3.05) is 14.2 Å². The second-order valence-electron chi connectivity index (χ2n) is 4.96. The van der Waals surface area contributed by atoms with Crippen LogP contribution in [0.2, 0.25) is 0 Å². The zero-order valence-electron chi connectivity index (χ0n) is 12.9. The van der Waals surface area contributed by atoms with Crippen LogP contribution in [0.1, 0.15) is 22.3 Å². The second kappa shape index (κ2) is 6.91. The highest BCUT2D eigenvalue weighted by molar-refractivity contribution is 6.01. The Balaban J connectivity index is 2.22. The van der Waals surface area contributed by atoms with Gasteiger partial charge in [-0.2, -0.15) is 0 Å². The molecule has 2 aromatic rings. The number of aromatic hydroxyl groups is 3. The number of phenols is 3. The van der Waals surface area contributed by atoms with Gasteiger partial charge in [0.25, 0.3) is 0 Å². The van der Waals surface area contributed by atoms with Crippen LogP contribution in [0.25, 0.3) is 0 Å². The topological polar surface area (TPSA) is 96.2 Å². The van der Waals surface area contributed by atoms with Gasteiger partial charge < -0.3 is 24.8 Å². The Morgan fingerprint density at radius 1 is 1.00 bits per heavy atom. The number of benzene rings is 2. The summed E-state index contributed by atoms with van der Waals surface area (Å²) in [6.07, 6.45) is 0.251. The van der Waals surface area contributed by atoms with E-state index >= 15 is 0 Å². The summed E-state index contributed by atoms with van der Waals surface area (Å²) in [5.74, 6) is 0.0289. The number of methoxy groups -OCH3 is 2. The maximum absolute atomic E-state index is 12.4. The molecule has 0 amide bonds. The third-order valence-electron chi connectivity index (χ3n) is 3.47. The Hall–Kier alpha value is -2.89. The SMILES string of the molecule is COc1cc(O)c(C(=O)CCc2cc(O)ccc2O)c(OC)c1. The van der Waals surface area contributed by atoms with Gasteiger partial charge in [-0.25, -0.2) is 0 Å². The fraction of sp³-hybridized carbons (Fsp3) is 0.235. The molecule has 0 spiro atoms. The molecular formula is C17H18O6. The van der Waals surface area contributed by atoms with Crippen molar-refractivity contribution in [2.24, 2.45) is 0 Å². The summed E-state index contributed by atoms with van der Waals surface area (Å²) < 4.78 is 10.2. The lowest BCUT2D eigenvalue weighted by Crippen LogP contribution is -2.05. The van der Waals surface area contributed by atoms with Crippen LogP contribution in [0.4, 0.5) is 0 Å². The van der Waals surface area contributed by atoms with Crippen LogP contribution in [-0.4, -0.2) is 35.3 Å². The first kappa shape index (κ1) is 16.5. The van der Waals surface area contributed by atoms with Gasteiger partial charge in [0.15, 0.2) is 5.78 Å². The molecule has 0 saturated heterocycles. The van der Waals surface area contributed by atoms with E-state index in [1.807, 2.05) is 0 Å². The number of aryl methyl sites for hydroxylation is 1. The molecule has 122 valence electrons. The molecule has 0 bridgehead atoms. The van der Waals surface area contributed by atoms with E-state index in [0.717, 1.165) is 0 Å². The molecule has 0 radical (unpaired) electrons. The molecular weight excluding hydrogens is 300 g/mol. The maximum atomic E-state index is 12.4. The van der Waals surface area contributed by atoms with Gasteiger partial charge in [0.2, 0.25) is 0 Å². The van der Waals surface area contributed by atoms with E-state index in [0.29, 0.717) is 11.3 Å². The molecule has 0 aromatic heterocycles. The Kier molecular flexibility index (Phi) is 4.95. The van der Waals surface area contributed by atoms with E-state index in [1.54, 1.807) is 0 Å². The summed E-state index contributed by atoms with van der Waals surface area (Å²) in [5.41, 5.74) is 0.512. The number of ketones is 1. The van der Waals surface area contributed by atoms with E-state index in [4.69, 9.17) is 9.47 Å². The number of ether oxygens (including phenoxy) is 2. The second-order valence-corrected chi connectivity index (χ2v) is 4.96. The van der Waals surface area contributed by atoms with E-state index in [9.17, 15) is 20.1 Å². The van der Waals surface area contributed by atoms with Gasteiger partial charge in [-0.3, -0.25) is 4.79 Å². The maximum Gasteiger partial charge on any atom is 0.170 e. The summed E-state index contributed by atoms with van der Waals surface area (Å²) in [5, 5.41) is 29.2. The highest BCUT2D eigenvalue weighted by Gasteiger charge is 2.19. The minimum absolute atomic E-state index is 0.00141. The van der Waals surface area contributed by atoms with Crippen LogP contribution < -0.4 is 9.47 Å². The fourth-order valence-electron chi connectivity index (χ4n) is 2.28. The van der Waals surface area contributed by atoms with Crippen molar-refractivity contribution in [3.63, 3.8) is 0 Å². The van der Waals surface area contributed by atoms with Gasteiger partial charge in [0.1, 0.15) is 34.3 Å². The Bertz CT molecular complexity index is 723. The number of hydrogen-bond donors (Lipinski definition) is 3. The van der Waals surface area contributed by atoms with Crippen LogP contribution in [0, 0.1) is 0 Å². The number of carbonyl (C=O) groups is 1. The van der Waals surface area contributed by atoms with Crippen molar-refractivity contribution in [1.82, 2.24) is 0 Å². The van der Waals surface area contributed by atoms with Gasteiger partial charge in [-0.05, 0) is 30.2 Å². The van der Waals surface area contributed by atoms with E-state index in [2.05, 4.69) is 0 Å². The number of hydrogen-bond acceptors (Lipinski definition) is 6. The zero-order valence-corrected chi connectivity index (χ0v) is 12.9. The molecule has 0 aliphatic carbocycles. The first-order valence-electron chi connectivity index (χ1n) is 6.95. The fourth-order valence-corrected chi connectivity index (χ4v) is 2.28. The van der Waals surface area contributed by atoms with E-state index in [1.165, 1.54) is 44.6 Å². The lowest BCUT2D eigenvalue weighted by atomic mass is 10.0. The third kappa shape index (κ3) is 3.66. The quantitative estimate of drug-likeness (QED) is 0.560. The van der Waals surface area contributed by atoms with E-state index < -0.39 is 0 Å². The Morgan fingerprint density at radius 2 is 1.74 bits per heavy atom. The molecule has 6 nitrogen and oxygen atoms in total. The average molecular weight is 318 g/mol. The van der Waals surface area contributed by atoms with Crippen LogP contribution in [0.15, 0.2) is 30.3 Å². The molecule has 23 heavy (non-hydrogen) atoms. The molecule has 2 aromatic carbocycles. The van der Waals surface area contributed by atoms with Crippen LogP contribution in [0.3, 0.4) is 0 Å². The molecule has 6 heteroatoms. The first-order chi connectivity index (χ1) is 11.0. The first-order valence-corrected chi connectivity index (χ1v) is 6.95. The molecule has 0 unspecified atom stereocenters. The molecule has 3 N–H and O–H groups in total. The molecule has 0 saturated carbocycles. The monoisotopic (exact) mass is 318 g/mol. The summed E-state index contributed by atoms with van der Waals surface area (Å²) in [4.78, 5) is 12.4. The van der Waals surface area contributed by atoms with Crippen molar-refractivity contribution in [3.8, 4) is 28.7 Å². The van der Waals surface area contributed by atoms with Crippen LogP contribution in [-0.2, 0) is 6.42 Å². The summed E-state index contributed by atoms with van der Waals surface area (Å²) >= 11 is 0. The standard InChI is InChI=1S/C17H18O6/c1-22-12-8-15(21)17(16(9-12)23-2)14(20)5-3-10-7-11(18)4-6-13(10)19/h4,6-9,18-19,21H,3,5H2,1-2H3. The number of Topliss-reactive ketones (excluding diaryl/α,β-unsaturated/α-hetero) is 1. The van der Waals surface area contributed by atoms with Gasteiger partial charge in [0.05, 0.1) is 14.2 Å². The zero-order chi connectivity index (χ0) is 17.0. The average Bonchev–Trinajstić information content (AvgIpc) is 2.54. The predicted molar refractivity (Wildman–Crippen MR) is 83.6 cm³/mol. The smallest absolute Gasteiger partial charge is 0.170 e. The molecule has 0 atom stereocenters. The van der Waals surface area contributed by atoms with Crippen molar-refractivity contribution in [2.45, 2.75) is 12.8 Å². The predicted octanol–water partition coefficient (Wildman–Crippen LogP) is 2.64. The highest BCUT2D eigenvalue weighted by atomic mass is 16.5. The summed E-state index contributed by atoms with van der Waals surface area (Å²) in [7, 11) is 2.84. The van der Waals surface area contributed by atoms with Crippen molar-refractivity contribution < 1.29 is 29.6 Å². The lowest BCUT2D eigenvalue weighted by Gasteiger charge is -2.12. The molecule has 0 heterocycles. The third-order valence-corrected chi connectivity index (χ3v) is 3.47. The Labute approximate surface area is 133 Å². The normalized spacial score (nSPS) is 10.3. The lowest BCUT2D eigenvalue weighted by molar-refractivity contribution is 0.0977. The van der Waals surface area contributed by atoms with Crippen molar-refractivity contribution in [1.29, 1.82) is 0 Å². The minimum Gasteiger partial charge on any atom is -0.508 e. The van der Waals surface area contributed by atoms with Crippen molar-refractivity contribution >= 4 is 5.78 Å². The van der Waals surface area contributed by atoms with Gasteiger partial charge in [-0.1, -0.05) is 0 Å². The van der Waals surface area contributed by atoms with Gasteiger partial charge in [-0.15, -0.1) is 0 Å².